The molecule has 22 heavy (non-hydrogen) atoms. The number of methoxy groups -OCH3 is 3. The smallest absolute Gasteiger partial charge is 0.188 e. The summed E-state index contributed by atoms with van der Waals surface area (Å²) in [5.74, 6) is 0.815. The topological polar surface area (TPSA) is 95.8 Å². The molecule has 0 spiro atoms. The summed E-state index contributed by atoms with van der Waals surface area (Å²) in [6.07, 6.45) is -0.495. The molecule has 124 valence electrons. The average Bonchev–Trinajstić information content (AvgIpc) is 2.50. The van der Waals surface area contributed by atoms with Crippen molar-refractivity contribution >= 4 is 5.69 Å². The quantitative estimate of drug-likeness (QED) is 0.521. The maximum atomic E-state index is 11.1. The molecule has 8 heteroatoms. The van der Waals surface area contributed by atoms with Crippen molar-refractivity contribution in [3.8, 4) is 17.2 Å². The van der Waals surface area contributed by atoms with E-state index >= 15 is 0 Å². The Hall–Kier alpha value is -1.90. The minimum absolute atomic E-state index is 0.0267. The first kappa shape index (κ1) is 18.1. The molecule has 1 N–H and O–H groups in total. The fourth-order valence-electron chi connectivity index (χ4n) is 1.94. The van der Waals surface area contributed by atoms with Crippen LogP contribution >= 0.6 is 0 Å². The van der Waals surface area contributed by atoms with E-state index in [1.807, 2.05) is 0 Å². The molecule has 0 aliphatic carbocycles. The van der Waals surface area contributed by atoms with Crippen molar-refractivity contribution in [2.75, 3.05) is 34.9 Å². The highest BCUT2D eigenvalue weighted by Gasteiger charge is 2.23. The zero-order valence-corrected chi connectivity index (χ0v) is 13.1. The molecule has 1 aromatic carbocycles. The standard InChI is InChI=1S/C14H21NO7/c1-9(16)5-10-13(22-8-19-3)11(15-17)6-12(14(10)20-4)21-7-18-2/h6,9,16H,5,7-8H2,1-4H3. The summed E-state index contributed by atoms with van der Waals surface area (Å²) < 4.78 is 25.8. The lowest BCUT2D eigenvalue weighted by Gasteiger charge is -2.19. The van der Waals surface area contributed by atoms with Gasteiger partial charge in [-0.2, -0.15) is 0 Å². The molecule has 0 aliphatic rings. The summed E-state index contributed by atoms with van der Waals surface area (Å²) in [7, 11) is 4.38. The molecule has 0 aromatic heterocycles. The lowest BCUT2D eigenvalue weighted by Crippen LogP contribution is -2.11. The third-order valence-corrected chi connectivity index (χ3v) is 2.73. The van der Waals surface area contributed by atoms with Gasteiger partial charge < -0.3 is 28.8 Å². The van der Waals surface area contributed by atoms with Crippen LogP contribution in [0.3, 0.4) is 0 Å². The molecule has 1 rings (SSSR count). The summed E-state index contributed by atoms with van der Waals surface area (Å²) in [4.78, 5) is 11.1. The highest BCUT2D eigenvalue weighted by molar-refractivity contribution is 5.67. The second-order valence-corrected chi connectivity index (χ2v) is 4.48. The van der Waals surface area contributed by atoms with Gasteiger partial charge in [0.15, 0.2) is 36.5 Å². The monoisotopic (exact) mass is 315 g/mol. The predicted molar refractivity (Wildman–Crippen MR) is 78.8 cm³/mol. The summed E-state index contributed by atoms with van der Waals surface area (Å²) in [6, 6.07) is 1.39. The Kier molecular flexibility index (Phi) is 7.58. The zero-order chi connectivity index (χ0) is 16.5. The number of benzene rings is 1. The highest BCUT2D eigenvalue weighted by Crippen LogP contribution is 2.45. The van der Waals surface area contributed by atoms with Gasteiger partial charge in [-0.25, -0.2) is 0 Å². The van der Waals surface area contributed by atoms with Gasteiger partial charge in [-0.15, -0.1) is 4.91 Å². The van der Waals surface area contributed by atoms with Crippen LogP contribution in [0.25, 0.3) is 0 Å². The fraction of sp³-hybridized carbons (Fsp3) is 0.571. The predicted octanol–water partition coefficient (Wildman–Crippen LogP) is 1.98. The number of hydrogen-bond acceptors (Lipinski definition) is 8. The molecule has 0 amide bonds. The fourth-order valence-corrected chi connectivity index (χ4v) is 1.94. The first-order chi connectivity index (χ1) is 10.6. The molecule has 0 aliphatic heterocycles. The second kappa shape index (κ2) is 9.19. The molecule has 0 saturated carbocycles. The summed E-state index contributed by atoms with van der Waals surface area (Å²) >= 11 is 0. The molecular weight excluding hydrogens is 294 g/mol. The largest absolute Gasteiger partial charge is 0.492 e. The van der Waals surface area contributed by atoms with Crippen molar-refractivity contribution in [3.05, 3.63) is 16.5 Å². The SMILES string of the molecule is COCOc1cc(N=O)c(OCOC)c(CC(C)O)c1OC. The van der Waals surface area contributed by atoms with E-state index in [1.165, 1.54) is 27.4 Å². The maximum Gasteiger partial charge on any atom is 0.188 e. The minimum atomic E-state index is -0.684. The van der Waals surface area contributed by atoms with Gasteiger partial charge in [0.25, 0.3) is 0 Å². The van der Waals surface area contributed by atoms with Crippen molar-refractivity contribution in [3.63, 3.8) is 0 Å². The number of aliphatic hydroxyl groups excluding tert-OH is 1. The van der Waals surface area contributed by atoms with Crippen molar-refractivity contribution in [1.82, 2.24) is 0 Å². The van der Waals surface area contributed by atoms with E-state index in [1.54, 1.807) is 6.92 Å². The van der Waals surface area contributed by atoms with Crippen LogP contribution in [0.2, 0.25) is 0 Å². The number of ether oxygens (including phenoxy) is 5. The molecule has 1 aromatic rings. The Morgan fingerprint density at radius 2 is 1.77 bits per heavy atom. The van der Waals surface area contributed by atoms with Crippen molar-refractivity contribution < 1.29 is 28.8 Å². The first-order valence-corrected chi connectivity index (χ1v) is 6.57. The maximum absolute atomic E-state index is 11.1. The number of rotatable bonds is 10. The summed E-state index contributed by atoms with van der Waals surface area (Å²) in [5, 5.41) is 12.6. The van der Waals surface area contributed by atoms with Crippen LogP contribution in [0.5, 0.6) is 17.2 Å². The first-order valence-electron chi connectivity index (χ1n) is 6.57. The molecule has 0 heterocycles. The van der Waals surface area contributed by atoms with Gasteiger partial charge in [-0.3, -0.25) is 0 Å². The van der Waals surface area contributed by atoms with Crippen LogP contribution in [0.1, 0.15) is 12.5 Å². The van der Waals surface area contributed by atoms with E-state index in [0.717, 1.165) is 0 Å². The minimum Gasteiger partial charge on any atom is -0.492 e. The Morgan fingerprint density at radius 1 is 1.14 bits per heavy atom. The van der Waals surface area contributed by atoms with Crippen LogP contribution < -0.4 is 14.2 Å². The Bertz CT molecular complexity index is 491. The van der Waals surface area contributed by atoms with E-state index in [4.69, 9.17) is 23.7 Å². The van der Waals surface area contributed by atoms with Crippen molar-refractivity contribution in [2.45, 2.75) is 19.4 Å². The Morgan fingerprint density at radius 3 is 2.27 bits per heavy atom. The van der Waals surface area contributed by atoms with Gasteiger partial charge in [0.2, 0.25) is 0 Å². The Labute approximate surface area is 128 Å². The third kappa shape index (κ3) is 4.55. The second-order valence-electron chi connectivity index (χ2n) is 4.48. The van der Waals surface area contributed by atoms with Crippen LogP contribution in [-0.2, 0) is 15.9 Å². The third-order valence-electron chi connectivity index (χ3n) is 2.73. The van der Waals surface area contributed by atoms with Crippen molar-refractivity contribution in [1.29, 1.82) is 0 Å². The Balaban J connectivity index is 3.41. The van der Waals surface area contributed by atoms with Crippen LogP contribution in [-0.4, -0.2) is 46.1 Å². The number of nitroso groups, excluding NO2 is 1. The summed E-state index contributed by atoms with van der Waals surface area (Å²) in [5.41, 5.74) is 0.498. The van der Waals surface area contributed by atoms with Crippen LogP contribution in [0, 0.1) is 4.91 Å². The van der Waals surface area contributed by atoms with Gasteiger partial charge in [0, 0.05) is 32.3 Å². The van der Waals surface area contributed by atoms with Crippen LogP contribution in [0.15, 0.2) is 11.2 Å². The van der Waals surface area contributed by atoms with Gasteiger partial charge in [-0.1, -0.05) is 0 Å². The number of aliphatic hydroxyl groups is 1. The molecule has 8 nitrogen and oxygen atoms in total. The molecule has 1 unspecified atom stereocenters. The van der Waals surface area contributed by atoms with Gasteiger partial charge in [-0.05, 0) is 12.1 Å². The van der Waals surface area contributed by atoms with Gasteiger partial charge >= 0.3 is 0 Å². The zero-order valence-electron chi connectivity index (χ0n) is 13.1. The average molecular weight is 315 g/mol. The van der Waals surface area contributed by atoms with E-state index in [-0.39, 0.29) is 37.2 Å². The van der Waals surface area contributed by atoms with E-state index in [0.29, 0.717) is 11.3 Å². The normalized spacial score (nSPS) is 11.9. The lowest BCUT2D eigenvalue weighted by molar-refractivity contribution is 0.0460. The van der Waals surface area contributed by atoms with Crippen molar-refractivity contribution in [2.24, 2.45) is 5.18 Å². The highest BCUT2D eigenvalue weighted by atomic mass is 16.7. The molecule has 1 atom stereocenters. The molecule has 0 bridgehead atoms. The van der Waals surface area contributed by atoms with E-state index in [9.17, 15) is 10.0 Å². The molecule has 0 radical (unpaired) electrons. The van der Waals surface area contributed by atoms with E-state index in [2.05, 4.69) is 5.18 Å². The lowest BCUT2D eigenvalue weighted by atomic mass is 10.0. The molecule has 0 saturated heterocycles. The van der Waals surface area contributed by atoms with Crippen LogP contribution in [0.4, 0.5) is 5.69 Å². The number of nitrogens with zero attached hydrogens (tertiary/aromatic N) is 1. The summed E-state index contributed by atoms with van der Waals surface area (Å²) in [6.45, 7) is 1.51. The van der Waals surface area contributed by atoms with Gasteiger partial charge in [0.1, 0.15) is 0 Å². The van der Waals surface area contributed by atoms with E-state index < -0.39 is 6.10 Å². The number of hydrogen-bond donors (Lipinski definition) is 1. The molecule has 0 fully saturated rings. The molecular formula is C14H21NO7. The van der Waals surface area contributed by atoms with Gasteiger partial charge in [0.05, 0.1) is 13.2 Å².